The Hall–Kier alpha value is -0.180. The molecule has 2 rings (SSSR count). The van der Waals surface area contributed by atoms with Crippen molar-refractivity contribution in [3.8, 4) is 0 Å². The van der Waals surface area contributed by atoms with Crippen LogP contribution in [-0.4, -0.2) is 11.3 Å². The molecule has 0 saturated heterocycles. The number of hydrogen-bond acceptors (Lipinski definition) is 2. The summed E-state index contributed by atoms with van der Waals surface area (Å²) >= 11 is 8.20. The molecule has 0 bridgehead atoms. The van der Waals surface area contributed by atoms with Crippen LogP contribution in [0.15, 0.2) is 23.1 Å². The van der Waals surface area contributed by atoms with E-state index in [1.54, 1.807) is 0 Å². The maximum atomic E-state index is 6.16. The second-order valence-electron chi connectivity index (χ2n) is 6.14. The molecule has 1 saturated carbocycles. The first-order valence-electron chi connectivity index (χ1n) is 7.79. The zero-order chi connectivity index (χ0) is 14.5. The van der Waals surface area contributed by atoms with Crippen molar-refractivity contribution in [1.29, 1.82) is 0 Å². The fourth-order valence-corrected chi connectivity index (χ4v) is 4.62. The lowest BCUT2D eigenvalue weighted by Crippen LogP contribution is -2.22. The first-order valence-corrected chi connectivity index (χ1v) is 9.05. The summed E-state index contributed by atoms with van der Waals surface area (Å²) in [5.74, 6) is 0.870. The molecule has 1 fully saturated rings. The van der Waals surface area contributed by atoms with Gasteiger partial charge >= 0.3 is 0 Å². The van der Waals surface area contributed by atoms with Crippen LogP contribution in [0.1, 0.15) is 51.5 Å². The van der Waals surface area contributed by atoms with Gasteiger partial charge in [-0.25, -0.2) is 0 Å². The summed E-state index contributed by atoms with van der Waals surface area (Å²) < 4.78 is 0. The molecule has 3 unspecified atom stereocenters. The molecule has 0 aliphatic heterocycles. The molecule has 1 aromatic carbocycles. The number of rotatable bonds is 5. The first kappa shape index (κ1) is 16.2. The van der Waals surface area contributed by atoms with E-state index in [2.05, 4.69) is 26.0 Å². The topological polar surface area (TPSA) is 26.0 Å². The average molecular weight is 312 g/mol. The average Bonchev–Trinajstić information content (AvgIpc) is 2.42. The van der Waals surface area contributed by atoms with Gasteiger partial charge in [0.1, 0.15) is 0 Å². The maximum Gasteiger partial charge on any atom is 0.0409 e. The van der Waals surface area contributed by atoms with Gasteiger partial charge in [-0.2, -0.15) is 0 Å². The molecule has 3 atom stereocenters. The molecule has 1 aliphatic rings. The van der Waals surface area contributed by atoms with Crippen LogP contribution in [0.5, 0.6) is 0 Å². The predicted molar refractivity (Wildman–Crippen MR) is 90.7 cm³/mol. The molecule has 112 valence electrons. The van der Waals surface area contributed by atoms with Crippen LogP contribution in [0.25, 0.3) is 0 Å². The van der Waals surface area contributed by atoms with Crippen molar-refractivity contribution in [2.45, 2.75) is 68.6 Å². The molecule has 2 N–H and O–H groups in total. The van der Waals surface area contributed by atoms with Gasteiger partial charge in [0.25, 0.3) is 0 Å². The molecule has 0 aromatic heterocycles. The molecule has 1 aromatic rings. The van der Waals surface area contributed by atoms with Gasteiger partial charge in [-0.3, -0.25) is 0 Å². The van der Waals surface area contributed by atoms with Gasteiger partial charge < -0.3 is 5.73 Å². The Morgan fingerprint density at radius 3 is 2.90 bits per heavy atom. The number of benzene rings is 1. The molecule has 0 heterocycles. The molecular formula is C17H26ClNS. The Labute approximate surface area is 132 Å². The normalized spacial score (nSPS) is 24.6. The predicted octanol–water partition coefficient (Wildman–Crippen LogP) is 5.29. The Kier molecular flexibility index (Phi) is 6.25. The highest BCUT2D eigenvalue weighted by Gasteiger charge is 2.21. The lowest BCUT2D eigenvalue weighted by atomic mass is 9.91. The lowest BCUT2D eigenvalue weighted by molar-refractivity contribution is 0.394. The van der Waals surface area contributed by atoms with Crippen LogP contribution in [0, 0.1) is 5.92 Å². The summed E-state index contributed by atoms with van der Waals surface area (Å²) in [6, 6.07) is 6.53. The standard InChI is InChI=1S/C17H26ClNS/c1-3-15(19)11-13-10-14(18)7-8-17(13)20-16-6-4-5-12(2)9-16/h7-8,10,12,15-16H,3-6,9,11,19H2,1-2H3. The van der Waals surface area contributed by atoms with Crippen molar-refractivity contribution in [2.75, 3.05) is 0 Å². The third kappa shape index (κ3) is 4.68. The fourth-order valence-electron chi connectivity index (χ4n) is 2.91. The second-order valence-corrected chi connectivity index (χ2v) is 7.91. The largest absolute Gasteiger partial charge is 0.327 e. The summed E-state index contributed by atoms with van der Waals surface area (Å²) in [6.45, 7) is 4.52. The van der Waals surface area contributed by atoms with Crippen LogP contribution < -0.4 is 5.73 Å². The van der Waals surface area contributed by atoms with Crippen molar-refractivity contribution < 1.29 is 0 Å². The highest BCUT2D eigenvalue weighted by molar-refractivity contribution is 8.00. The number of thioether (sulfide) groups is 1. The van der Waals surface area contributed by atoms with Crippen LogP contribution in [0.2, 0.25) is 5.02 Å². The molecule has 1 aliphatic carbocycles. The monoisotopic (exact) mass is 311 g/mol. The van der Waals surface area contributed by atoms with E-state index in [0.29, 0.717) is 0 Å². The molecule has 0 amide bonds. The van der Waals surface area contributed by atoms with E-state index >= 15 is 0 Å². The third-order valence-corrected chi connectivity index (χ3v) is 5.86. The van der Waals surface area contributed by atoms with E-state index in [4.69, 9.17) is 17.3 Å². The van der Waals surface area contributed by atoms with Gasteiger partial charge in [0.05, 0.1) is 0 Å². The smallest absolute Gasteiger partial charge is 0.0409 e. The minimum absolute atomic E-state index is 0.234. The number of hydrogen-bond donors (Lipinski definition) is 1. The molecule has 20 heavy (non-hydrogen) atoms. The molecule has 0 radical (unpaired) electrons. The van der Waals surface area contributed by atoms with Crippen molar-refractivity contribution >= 4 is 23.4 Å². The Morgan fingerprint density at radius 2 is 2.20 bits per heavy atom. The molecule has 0 spiro atoms. The minimum Gasteiger partial charge on any atom is -0.327 e. The summed E-state index contributed by atoms with van der Waals surface area (Å²) in [6.07, 6.45) is 7.39. The summed E-state index contributed by atoms with van der Waals surface area (Å²) in [5, 5.41) is 1.58. The molecule has 1 nitrogen and oxygen atoms in total. The fraction of sp³-hybridized carbons (Fsp3) is 0.647. The van der Waals surface area contributed by atoms with E-state index in [1.807, 2.05) is 17.8 Å². The zero-order valence-electron chi connectivity index (χ0n) is 12.6. The third-order valence-electron chi connectivity index (χ3n) is 4.21. The number of halogens is 1. The van der Waals surface area contributed by atoms with Gasteiger partial charge in [0.15, 0.2) is 0 Å². The Bertz CT molecular complexity index is 435. The molecule has 3 heteroatoms. The highest BCUT2D eigenvalue weighted by Crippen LogP contribution is 2.38. The van der Waals surface area contributed by atoms with E-state index in [1.165, 1.54) is 36.1 Å². The van der Waals surface area contributed by atoms with Gasteiger partial charge in [0, 0.05) is 21.2 Å². The van der Waals surface area contributed by atoms with Crippen molar-refractivity contribution in [3.63, 3.8) is 0 Å². The Balaban J connectivity index is 2.09. The van der Waals surface area contributed by atoms with Gasteiger partial charge in [-0.05, 0) is 55.4 Å². The van der Waals surface area contributed by atoms with Crippen molar-refractivity contribution in [1.82, 2.24) is 0 Å². The quantitative estimate of drug-likeness (QED) is 0.799. The van der Waals surface area contributed by atoms with Crippen LogP contribution >= 0.6 is 23.4 Å². The van der Waals surface area contributed by atoms with E-state index in [0.717, 1.165) is 29.0 Å². The molecular weight excluding hydrogens is 286 g/mol. The van der Waals surface area contributed by atoms with Gasteiger partial charge in [-0.1, -0.05) is 38.3 Å². The Morgan fingerprint density at radius 1 is 1.40 bits per heavy atom. The van der Waals surface area contributed by atoms with Gasteiger partial charge in [-0.15, -0.1) is 11.8 Å². The van der Waals surface area contributed by atoms with Crippen LogP contribution in [-0.2, 0) is 6.42 Å². The van der Waals surface area contributed by atoms with E-state index in [-0.39, 0.29) is 6.04 Å². The zero-order valence-corrected chi connectivity index (χ0v) is 14.1. The maximum absolute atomic E-state index is 6.16. The van der Waals surface area contributed by atoms with Crippen molar-refractivity contribution in [2.24, 2.45) is 11.7 Å². The SMILES string of the molecule is CCC(N)Cc1cc(Cl)ccc1SC1CCCC(C)C1. The summed E-state index contributed by atoms with van der Waals surface area (Å²) in [7, 11) is 0. The van der Waals surface area contributed by atoms with Crippen LogP contribution in [0.4, 0.5) is 0 Å². The van der Waals surface area contributed by atoms with E-state index < -0.39 is 0 Å². The van der Waals surface area contributed by atoms with Crippen molar-refractivity contribution in [3.05, 3.63) is 28.8 Å². The van der Waals surface area contributed by atoms with Gasteiger partial charge in [0.2, 0.25) is 0 Å². The first-order chi connectivity index (χ1) is 9.58. The van der Waals surface area contributed by atoms with Crippen LogP contribution in [0.3, 0.4) is 0 Å². The highest BCUT2D eigenvalue weighted by atomic mass is 35.5. The minimum atomic E-state index is 0.234. The van der Waals surface area contributed by atoms with E-state index in [9.17, 15) is 0 Å². The summed E-state index contributed by atoms with van der Waals surface area (Å²) in [4.78, 5) is 1.39. The summed E-state index contributed by atoms with van der Waals surface area (Å²) in [5.41, 5.74) is 7.46. The second kappa shape index (κ2) is 7.72. The lowest BCUT2D eigenvalue weighted by Gasteiger charge is -2.27. The number of nitrogens with two attached hydrogens (primary N) is 1.